The van der Waals surface area contributed by atoms with Gasteiger partial charge in [0.15, 0.2) is 6.21 Å². The van der Waals surface area contributed by atoms with Crippen LogP contribution in [0.3, 0.4) is 0 Å². The van der Waals surface area contributed by atoms with Gasteiger partial charge in [-0.05, 0) is 23.8 Å². The molecule has 0 N–H and O–H groups in total. The van der Waals surface area contributed by atoms with Gasteiger partial charge < -0.3 is 4.90 Å². The number of rotatable bonds is 3. The van der Waals surface area contributed by atoms with E-state index in [0.29, 0.717) is 13.0 Å². The van der Waals surface area contributed by atoms with Gasteiger partial charge in [-0.1, -0.05) is 12.1 Å². The van der Waals surface area contributed by atoms with Gasteiger partial charge in [-0.25, -0.2) is 4.58 Å². The van der Waals surface area contributed by atoms with E-state index in [-0.39, 0.29) is 6.42 Å². The number of anilines is 1. The van der Waals surface area contributed by atoms with Crippen molar-refractivity contribution in [3.8, 4) is 0 Å². The minimum absolute atomic E-state index is 0.186. The molecule has 0 aromatic heterocycles. The normalized spacial score (nSPS) is 21.8. The van der Waals surface area contributed by atoms with Crippen LogP contribution in [0.4, 0.5) is 44.0 Å². The van der Waals surface area contributed by atoms with Crippen LogP contribution in [-0.2, 0) is 0 Å². The maximum absolute atomic E-state index is 12.8. The fraction of sp³-hybridized carbons (Fsp3) is 0.438. The molecule has 1 saturated heterocycles. The molecule has 28 heavy (non-hydrogen) atoms. The second kappa shape index (κ2) is 7.57. The number of hydrogen-bond acceptors (Lipinski definition) is 1. The summed E-state index contributed by atoms with van der Waals surface area (Å²) in [5.74, 6) is 0. The van der Waals surface area contributed by atoms with Gasteiger partial charge >= 0.3 is 39.2 Å². The van der Waals surface area contributed by atoms with E-state index in [1.54, 1.807) is 12.3 Å². The molecule has 1 aromatic rings. The zero-order valence-electron chi connectivity index (χ0n) is 15.0. The number of nitrogens with zero attached hydrogens (tertiary/aromatic N) is 2. The maximum atomic E-state index is 12.8. The third kappa shape index (κ3) is 11.2. The molecule has 162 valence electrons. The van der Waals surface area contributed by atoms with Crippen LogP contribution >= 0.6 is 7.81 Å². The Kier molecular flexibility index (Phi) is 6.56. The minimum atomic E-state index is -10.7. The van der Waals surface area contributed by atoms with Crippen LogP contribution in [0.5, 0.6) is 0 Å². The number of hydrogen-bond donors (Lipinski definition) is 0. The molecule has 0 radical (unpaired) electrons. The predicted octanol–water partition coefficient (Wildman–Crippen LogP) is 6.96. The zero-order chi connectivity index (χ0) is 21.9. The van der Waals surface area contributed by atoms with Crippen molar-refractivity contribution >= 4 is 25.8 Å². The molecule has 1 aromatic carbocycles. The third-order valence-corrected chi connectivity index (χ3v) is 3.65. The van der Waals surface area contributed by atoms with Crippen molar-refractivity contribution in [2.75, 3.05) is 25.5 Å². The summed E-state index contributed by atoms with van der Waals surface area (Å²) in [6.45, 7) is 0.466. The zero-order valence-corrected chi connectivity index (χ0v) is 15.9. The van der Waals surface area contributed by atoms with Crippen molar-refractivity contribution < 1.29 is 42.9 Å². The summed E-state index contributed by atoms with van der Waals surface area (Å²) in [5, 5.41) is 0. The molecule has 12 heteroatoms. The molecule has 0 amide bonds. The molecule has 0 bridgehead atoms. The molecule has 1 atom stereocenters. The number of allylic oxidation sites excluding steroid dienone is 1. The fourth-order valence-electron chi connectivity index (χ4n) is 2.47. The first kappa shape index (κ1) is 24.3. The van der Waals surface area contributed by atoms with Gasteiger partial charge in [0.2, 0.25) is 6.04 Å². The Balaban J connectivity index is 0.000000480. The average Bonchev–Trinajstić information content (AvgIpc) is 2.93. The van der Waals surface area contributed by atoms with E-state index in [9.17, 15) is 38.4 Å². The second-order valence-corrected chi connectivity index (χ2v) is 8.31. The van der Waals surface area contributed by atoms with E-state index in [2.05, 4.69) is 0 Å². The Morgan fingerprint density at radius 3 is 1.93 bits per heavy atom. The summed E-state index contributed by atoms with van der Waals surface area (Å²) in [5.41, 5.74) is 2.06. The topological polar surface area (TPSA) is 6.25 Å². The summed E-state index contributed by atoms with van der Waals surface area (Å²) < 4.78 is 98.9. The first-order valence-corrected chi connectivity index (χ1v) is 10.0. The van der Waals surface area contributed by atoms with E-state index < -0.39 is 20.0 Å². The van der Waals surface area contributed by atoms with Crippen molar-refractivity contribution in [1.29, 1.82) is 0 Å². The van der Waals surface area contributed by atoms with E-state index in [1.807, 2.05) is 49.3 Å². The molecular weight excluding hydrogens is 422 g/mol. The monoisotopic (exact) mass is 442 g/mol. The average molecular weight is 442 g/mol. The van der Waals surface area contributed by atoms with Crippen LogP contribution in [0.25, 0.3) is 6.08 Å². The van der Waals surface area contributed by atoms with Crippen LogP contribution in [0, 0.1) is 0 Å². The molecule has 1 heterocycles. The van der Waals surface area contributed by atoms with Gasteiger partial charge in [0.1, 0.15) is 6.54 Å². The van der Waals surface area contributed by atoms with Crippen LogP contribution < -0.4 is 4.90 Å². The van der Waals surface area contributed by atoms with E-state index >= 15 is 0 Å². The summed E-state index contributed by atoms with van der Waals surface area (Å²) in [6.07, 6.45) is 1.69. The number of benzene rings is 1. The standard InChI is InChI=1S/C16H20F3N2.F6P/c1-20(2)14-9-7-13(8-10-14)5-3-11-21-12-4-6-15(21)16(17,18)19;1-7(2,3,4,5)6/h3,5,7-11,15H,4,6,12H2,1-2H3;/q+1;-1/t15-;/m1./s1. The van der Waals surface area contributed by atoms with Gasteiger partial charge in [0, 0.05) is 38.7 Å². The number of halogens is 9. The Morgan fingerprint density at radius 2 is 1.50 bits per heavy atom. The Hall–Kier alpha value is -1.77. The van der Waals surface area contributed by atoms with Crippen molar-refractivity contribution in [2.45, 2.75) is 25.1 Å². The van der Waals surface area contributed by atoms with Crippen LogP contribution in [-0.4, -0.2) is 43.6 Å². The summed E-state index contributed by atoms with van der Waals surface area (Å²) >= 11 is 0. The van der Waals surface area contributed by atoms with E-state index in [4.69, 9.17) is 0 Å². The van der Waals surface area contributed by atoms with Gasteiger partial charge in [-0.2, -0.15) is 13.2 Å². The first-order valence-electron chi connectivity index (χ1n) is 8.01. The fourth-order valence-corrected chi connectivity index (χ4v) is 2.47. The van der Waals surface area contributed by atoms with Crippen molar-refractivity contribution in [1.82, 2.24) is 0 Å². The third-order valence-electron chi connectivity index (χ3n) is 3.65. The number of alkyl halides is 3. The molecule has 1 aliphatic rings. The van der Waals surface area contributed by atoms with E-state index in [1.165, 1.54) is 4.58 Å². The predicted molar refractivity (Wildman–Crippen MR) is 93.6 cm³/mol. The first-order chi connectivity index (χ1) is 12.3. The van der Waals surface area contributed by atoms with Gasteiger partial charge in [-0.3, -0.25) is 0 Å². The Morgan fingerprint density at radius 1 is 1.00 bits per heavy atom. The Bertz CT molecular complexity index is 706. The van der Waals surface area contributed by atoms with Gasteiger partial charge in [0.05, 0.1) is 0 Å². The van der Waals surface area contributed by atoms with Crippen LogP contribution in [0.15, 0.2) is 30.3 Å². The SMILES string of the molecule is CN(C)c1ccc(/C=C/C=[N+]2CCC[C@@H]2C(F)(F)F)cc1.F[P-](F)(F)(F)(F)F. The van der Waals surface area contributed by atoms with Gasteiger partial charge in [0.25, 0.3) is 0 Å². The molecule has 0 spiro atoms. The summed E-state index contributed by atoms with van der Waals surface area (Å²) in [4.78, 5) is 2.00. The van der Waals surface area contributed by atoms with Crippen molar-refractivity contribution in [3.63, 3.8) is 0 Å². The molecule has 1 fully saturated rings. The second-order valence-electron chi connectivity index (χ2n) is 6.39. The van der Waals surface area contributed by atoms with E-state index in [0.717, 1.165) is 11.3 Å². The molecule has 2 nitrogen and oxygen atoms in total. The van der Waals surface area contributed by atoms with Gasteiger partial charge in [-0.15, -0.1) is 0 Å². The molecule has 0 saturated carbocycles. The van der Waals surface area contributed by atoms with Crippen molar-refractivity contribution in [2.24, 2.45) is 0 Å². The molecule has 2 rings (SSSR count). The molecule has 1 aliphatic heterocycles. The van der Waals surface area contributed by atoms with Crippen LogP contribution in [0.1, 0.15) is 18.4 Å². The van der Waals surface area contributed by atoms with Crippen LogP contribution in [0.2, 0.25) is 0 Å². The van der Waals surface area contributed by atoms with Crippen molar-refractivity contribution in [3.05, 3.63) is 35.9 Å². The quantitative estimate of drug-likeness (QED) is 0.279. The molecular formula is C16H20F9N2P. The molecule has 0 unspecified atom stereocenters. The summed E-state index contributed by atoms with van der Waals surface area (Å²) in [7, 11) is -6.73. The molecule has 0 aliphatic carbocycles. The summed E-state index contributed by atoms with van der Waals surface area (Å²) in [6, 6.07) is 6.52. The Labute approximate surface area is 156 Å².